The van der Waals surface area contributed by atoms with E-state index in [4.69, 9.17) is 0 Å². The van der Waals surface area contributed by atoms with Gasteiger partial charge in [0.2, 0.25) is 5.13 Å². The molecule has 0 unspecified atom stereocenters. The van der Waals surface area contributed by atoms with Crippen LogP contribution in [-0.2, 0) is 6.42 Å². The van der Waals surface area contributed by atoms with Gasteiger partial charge >= 0.3 is 0 Å². The van der Waals surface area contributed by atoms with E-state index in [0.29, 0.717) is 12.0 Å². The Kier molecular flexibility index (Phi) is 4.46. The fourth-order valence-corrected chi connectivity index (χ4v) is 3.90. The average Bonchev–Trinajstić information content (AvgIpc) is 2.66. The van der Waals surface area contributed by atoms with E-state index in [9.17, 15) is 0 Å². The van der Waals surface area contributed by atoms with Crippen molar-refractivity contribution in [2.24, 2.45) is 5.92 Å². The molecular formula is C11H19N3S2. The molecule has 1 aliphatic heterocycles. The monoisotopic (exact) mass is 257 g/mol. The number of thioether (sulfide) groups is 1. The topological polar surface area (TPSA) is 37.8 Å². The lowest BCUT2D eigenvalue weighted by atomic mass is 10.1. The quantitative estimate of drug-likeness (QED) is 0.899. The molecule has 1 fully saturated rings. The Morgan fingerprint density at radius 2 is 2.06 bits per heavy atom. The molecule has 0 saturated carbocycles. The van der Waals surface area contributed by atoms with E-state index in [0.717, 1.165) is 16.6 Å². The van der Waals surface area contributed by atoms with Gasteiger partial charge in [0, 0.05) is 12.5 Å². The fourth-order valence-electron chi connectivity index (χ4n) is 1.76. The predicted octanol–water partition coefficient (Wildman–Crippen LogP) is 3.04. The summed E-state index contributed by atoms with van der Waals surface area (Å²) in [5.74, 6) is 3.21. The summed E-state index contributed by atoms with van der Waals surface area (Å²) in [6, 6.07) is 0.612. The van der Waals surface area contributed by atoms with Gasteiger partial charge in [-0.1, -0.05) is 25.2 Å². The van der Waals surface area contributed by atoms with Gasteiger partial charge in [-0.05, 0) is 30.3 Å². The maximum absolute atomic E-state index is 4.22. The van der Waals surface area contributed by atoms with E-state index >= 15 is 0 Å². The van der Waals surface area contributed by atoms with Gasteiger partial charge in [0.1, 0.15) is 5.01 Å². The molecule has 1 aromatic heterocycles. The standard InChI is InChI=1S/C11H19N3S2/c1-8(2)7-10-13-14-11(16-10)12-9-3-5-15-6-4-9/h8-9H,3-7H2,1-2H3,(H,12,14). The molecule has 1 saturated heterocycles. The summed E-state index contributed by atoms with van der Waals surface area (Å²) >= 11 is 3.76. The zero-order valence-corrected chi connectivity index (χ0v) is 11.5. The zero-order chi connectivity index (χ0) is 11.4. The summed E-state index contributed by atoms with van der Waals surface area (Å²) in [5.41, 5.74) is 0. The van der Waals surface area contributed by atoms with E-state index in [1.165, 1.54) is 24.3 Å². The maximum atomic E-state index is 4.22. The lowest BCUT2D eigenvalue weighted by molar-refractivity contribution is 0.639. The smallest absolute Gasteiger partial charge is 0.205 e. The van der Waals surface area contributed by atoms with Gasteiger partial charge in [-0.25, -0.2) is 0 Å². The van der Waals surface area contributed by atoms with E-state index in [-0.39, 0.29) is 0 Å². The van der Waals surface area contributed by atoms with Crippen molar-refractivity contribution in [3.8, 4) is 0 Å². The van der Waals surface area contributed by atoms with Crippen LogP contribution in [0.25, 0.3) is 0 Å². The van der Waals surface area contributed by atoms with Crippen LogP contribution < -0.4 is 5.32 Å². The summed E-state index contributed by atoms with van der Waals surface area (Å²) in [4.78, 5) is 0. The second-order valence-corrected chi connectivity index (χ2v) is 6.92. The number of nitrogens with zero attached hydrogens (tertiary/aromatic N) is 2. The first kappa shape index (κ1) is 12.2. The molecule has 5 heteroatoms. The van der Waals surface area contributed by atoms with Crippen molar-refractivity contribution in [1.29, 1.82) is 0 Å². The van der Waals surface area contributed by atoms with Crippen LogP contribution in [0, 0.1) is 5.92 Å². The Bertz CT molecular complexity index is 319. The van der Waals surface area contributed by atoms with Crippen LogP contribution in [0.1, 0.15) is 31.7 Å². The number of nitrogens with one attached hydrogen (secondary N) is 1. The first-order valence-electron chi connectivity index (χ1n) is 5.90. The highest BCUT2D eigenvalue weighted by Crippen LogP contribution is 2.23. The number of hydrogen-bond donors (Lipinski definition) is 1. The van der Waals surface area contributed by atoms with E-state index in [2.05, 4.69) is 41.1 Å². The molecule has 16 heavy (non-hydrogen) atoms. The zero-order valence-electron chi connectivity index (χ0n) is 9.90. The molecule has 2 rings (SSSR count). The highest BCUT2D eigenvalue weighted by Gasteiger charge is 2.15. The van der Waals surface area contributed by atoms with Gasteiger partial charge in [-0.3, -0.25) is 0 Å². The van der Waals surface area contributed by atoms with Crippen molar-refractivity contribution in [2.45, 2.75) is 39.2 Å². The normalized spacial score (nSPS) is 17.9. The average molecular weight is 257 g/mol. The van der Waals surface area contributed by atoms with Crippen LogP contribution in [-0.4, -0.2) is 27.7 Å². The lowest BCUT2D eigenvalue weighted by Gasteiger charge is -2.21. The van der Waals surface area contributed by atoms with Crippen molar-refractivity contribution < 1.29 is 0 Å². The highest BCUT2D eigenvalue weighted by molar-refractivity contribution is 7.99. The van der Waals surface area contributed by atoms with Gasteiger partial charge in [-0.2, -0.15) is 11.8 Å². The summed E-state index contributed by atoms with van der Waals surface area (Å²) in [7, 11) is 0. The largest absolute Gasteiger partial charge is 0.357 e. The molecule has 0 spiro atoms. The van der Waals surface area contributed by atoms with Crippen LogP contribution in [0.4, 0.5) is 5.13 Å². The van der Waals surface area contributed by atoms with Crippen LogP contribution >= 0.6 is 23.1 Å². The molecule has 90 valence electrons. The first-order valence-corrected chi connectivity index (χ1v) is 7.88. The Morgan fingerprint density at radius 1 is 1.31 bits per heavy atom. The third-order valence-corrected chi connectivity index (χ3v) is 4.52. The second kappa shape index (κ2) is 5.87. The van der Waals surface area contributed by atoms with E-state index in [1.54, 1.807) is 11.3 Å². The van der Waals surface area contributed by atoms with Crippen LogP contribution in [0.5, 0.6) is 0 Å². The molecule has 0 bridgehead atoms. The van der Waals surface area contributed by atoms with Crippen LogP contribution in [0.2, 0.25) is 0 Å². The van der Waals surface area contributed by atoms with E-state index < -0.39 is 0 Å². The SMILES string of the molecule is CC(C)Cc1nnc(NC2CCSCC2)s1. The molecule has 0 amide bonds. The van der Waals surface area contributed by atoms with E-state index in [1.807, 2.05) is 0 Å². The minimum Gasteiger partial charge on any atom is -0.357 e. The highest BCUT2D eigenvalue weighted by atomic mass is 32.2. The molecule has 1 N–H and O–H groups in total. The third kappa shape index (κ3) is 3.63. The molecular weight excluding hydrogens is 238 g/mol. The summed E-state index contributed by atoms with van der Waals surface area (Å²) in [6.07, 6.45) is 3.55. The minimum absolute atomic E-state index is 0.612. The second-order valence-electron chi connectivity index (χ2n) is 4.63. The number of anilines is 1. The van der Waals surface area contributed by atoms with Crippen LogP contribution in [0.3, 0.4) is 0 Å². The van der Waals surface area contributed by atoms with Crippen molar-refractivity contribution >= 4 is 28.2 Å². The molecule has 0 aromatic carbocycles. The van der Waals surface area contributed by atoms with Gasteiger partial charge in [-0.15, -0.1) is 10.2 Å². The molecule has 0 aliphatic carbocycles. The molecule has 1 aliphatic rings. The molecule has 2 heterocycles. The lowest BCUT2D eigenvalue weighted by Crippen LogP contribution is -2.24. The van der Waals surface area contributed by atoms with Gasteiger partial charge in [0.15, 0.2) is 0 Å². The summed E-state index contributed by atoms with van der Waals surface area (Å²) in [6.45, 7) is 4.43. The molecule has 0 atom stereocenters. The Morgan fingerprint density at radius 3 is 2.75 bits per heavy atom. The maximum Gasteiger partial charge on any atom is 0.205 e. The Labute approximate surface area is 105 Å². The van der Waals surface area contributed by atoms with Crippen LogP contribution in [0.15, 0.2) is 0 Å². The van der Waals surface area contributed by atoms with Gasteiger partial charge in [0.25, 0.3) is 0 Å². The number of hydrogen-bond acceptors (Lipinski definition) is 5. The molecule has 1 aromatic rings. The fraction of sp³-hybridized carbons (Fsp3) is 0.818. The Hall–Kier alpha value is -0.290. The molecule has 3 nitrogen and oxygen atoms in total. The summed E-state index contributed by atoms with van der Waals surface area (Å²) < 4.78 is 0. The third-order valence-electron chi connectivity index (χ3n) is 2.60. The number of aromatic nitrogens is 2. The summed E-state index contributed by atoms with van der Waals surface area (Å²) in [5, 5.41) is 14.1. The van der Waals surface area contributed by atoms with Crippen molar-refractivity contribution in [3.63, 3.8) is 0 Å². The minimum atomic E-state index is 0.612. The Balaban J connectivity index is 1.86. The van der Waals surface area contributed by atoms with Gasteiger partial charge < -0.3 is 5.32 Å². The predicted molar refractivity (Wildman–Crippen MR) is 72.4 cm³/mol. The van der Waals surface area contributed by atoms with Crippen molar-refractivity contribution in [3.05, 3.63) is 5.01 Å². The van der Waals surface area contributed by atoms with Crippen molar-refractivity contribution in [2.75, 3.05) is 16.8 Å². The van der Waals surface area contributed by atoms with Gasteiger partial charge in [0.05, 0.1) is 0 Å². The van der Waals surface area contributed by atoms with Crippen molar-refractivity contribution in [1.82, 2.24) is 10.2 Å². The number of rotatable bonds is 4. The molecule has 0 radical (unpaired) electrons. The first-order chi connectivity index (χ1) is 7.74.